The van der Waals surface area contributed by atoms with Gasteiger partial charge in [0.05, 0.1) is 18.8 Å². The fourth-order valence-electron chi connectivity index (χ4n) is 2.47. The molecule has 3 aromatic heterocycles. The molecule has 98 valence electrons. The average Bonchev–Trinajstić information content (AvgIpc) is 3.07. The first kappa shape index (κ1) is 11.1. The Kier molecular flexibility index (Phi) is 2.15. The zero-order valence-corrected chi connectivity index (χ0v) is 10.7. The molecule has 3 heterocycles. The molecule has 0 atom stereocenters. The van der Waals surface area contributed by atoms with Crippen LogP contribution in [0, 0.1) is 6.92 Å². The Bertz CT molecular complexity index is 971. The van der Waals surface area contributed by atoms with Crippen molar-refractivity contribution in [2.45, 2.75) is 6.92 Å². The number of aryl methyl sites for hydroxylation is 1. The highest BCUT2D eigenvalue weighted by Gasteiger charge is 2.12. The molecule has 0 fully saturated rings. The third-order valence-corrected chi connectivity index (χ3v) is 3.46. The molecule has 4 nitrogen and oxygen atoms in total. The monoisotopic (exact) mass is 266 g/mol. The Morgan fingerprint density at radius 3 is 2.70 bits per heavy atom. The molecule has 0 aliphatic carbocycles. The van der Waals surface area contributed by atoms with Gasteiger partial charge in [-0.3, -0.25) is 0 Å². The van der Waals surface area contributed by atoms with E-state index in [1.165, 1.54) is 6.07 Å². The van der Waals surface area contributed by atoms with Gasteiger partial charge in [-0.2, -0.15) is 0 Å². The Morgan fingerprint density at radius 1 is 1.00 bits per heavy atom. The van der Waals surface area contributed by atoms with Gasteiger partial charge in [-0.05, 0) is 24.6 Å². The van der Waals surface area contributed by atoms with Gasteiger partial charge in [0.1, 0.15) is 11.2 Å². The van der Waals surface area contributed by atoms with E-state index in [0.29, 0.717) is 11.2 Å². The largest absolute Gasteiger partial charge is 0.472 e. The van der Waals surface area contributed by atoms with Crippen LogP contribution in [0.15, 0.2) is 61.1 Å². The van der Waals surface area contributed by atoms with Crippen LogP contribution in [0.4, 0.5) is 0 Å². The number of hydrogen-bond acceptors (Lipinski definition) is 4. The van der Waals surface area contributed by atoms with Crippen LogP contribution in [0.5, 0.6) is 0 Å². The molecule has 0 saturated heterocycles. The molecule has 0 spiro atoms. The van der Waals surface area contributed by atoms with E-state index >= 15 is 0 Å². The summed E-state index contributed by atoms with van der Waals surface area (Å²) < 4.78 is 15.8. The first-order chi connectivity index (χ1) is 9.72. The summed E-state index contributed by atoms with van der Waals surface area (Å²) in [5, 5.41) is 1.87. The molecule has 0 aliphatic heterocycles. The molecule has 0 radical (unpaired) electrons. The van der Waals surface area contributed by atoms with Gasteiger partial charge in [0.2, 0.25) is 0 Å². The van der Waals surface area contributed by atoms with Crippen molar-refractivity contribution in [3.63, 3.8) is 0 Å². The summed E-state index contributed by atoms with van der Waals surface area (Å²) >= 11 is 0. The minimum Gasteiger partial charge on any atom is -0.472 e. The van der Waals surface area contributed by atoms with Crippen molar-refractivity contribution < 1.29 is 13.3 Å². The van der Waals surface area contributed by atoms with Gasteiger partial charge in [0.25, 0.3) is 0 Å². The Morgan fingerprint density at radius 2 is 1.90 bits per heavy atom. The lowest BCUT2D eigenvalue weighted by atomic mass is 10.0. The molecular formula is C16H10O4. The normalized spacial score (nSPS) is 11.4. The van der Waals surface area contributed by atoms with Gasteiger partial charge in [-0.25, -0.2) is 4.79 Å². The van der Waals surface area contributed by atoms with Crippen LogP contribution in [-0.2, 0) is 0 Å². The molecule has 0 saturated carbocycles. The lowest BCUT2D eigenvalue weighted by Crippen LogP contribution is -1.97. The summed E-state index contributed by atoms with van der Waals surface area (Å²) in [6.07, 6.45) is 4.89. The minimum absolute atomic E-state index is 0.392. The van der Waals surface area contributed by atoms with Crippen molar-refractivity contribution in [3.05, 3.63) is 59.0 Å². The lowest BCUT2D eigenvalue weighted by Gasteiger charge is -2.03. The summed E-state index contributed by atoms with van der Waals surface area (Å²) in [6, 6.07) is 7.03. The molecule has 20 heavy (non-hydrogen) atoms. The third-order valence-electron chi connectivity index (χ3n) is 3.46. The van der Waals surface area contributed by atoms with Gasteiger partial charge in [-0.15, -0.1) is 0 Å². The second kappa shape index (κ2) is 3.87. The van der Waals surface area contributed by atoms with Gasteiger partial charge < -0.3 is 13.3 Å². The van der Waals surface area contributed by atoms with Gasteiger partial charge in [0, 0.05) is 34.0 Å². The van der Waals surface area contributed by atoms with Crippen molar-refractivity contribution >= 4 is 21.9 Å². The number of benzene rings is 1. The summed E-state index contributed by atoms with van der Waals surface area (Å²) in [4.78, 5) is 11.7. The maximum atomic E-state index is 11.7. The predicted molar refractivity (Wildman–Crippen MR) is 74.7 cm³/mol. The molecule has 0 bridgehead atoms. The maximum absolute atomic E-state index is 11.7. The fraction of sp³-hybridized carbons (Fsp3) is 0.0625. The topological polar surface area (TPSA) is 56.5 Å². The molecule has 4 heteroatoms. The quantitative estimate of drug-likeness (QED) is 0.486. The van der Waals surface area contributed by atoms with Crippen molar-refractivity contribution in [1.29, 1.82) is 0 Å². The Balaban J connectivity index is 2.19. The van der Waals surface area contributed by atoms with E-state index in [1.807, 2.05) is 19.1 Å². The SMILES string of the molecule is Cc1coc2cc3oc(=O)cc(-c4ccoc4)c3cc12. The van der Waals surface area contributed by atoms with Crippen LogP contribution >= 0.6 is 0 Å². The Hall–Kier alpha value is -2.75. The standard InChI is InChI=1S/C16H10O4/c1-9-7-19-14-6-15-13(4-11(9)14)12(5-16(17)20-15)10-2-3-18-8-10/h2-8H,1H3. The number of fused-ring (bicyclic) bond motifs is 2. The van der Waals surface area contributed by atoms with Crippen LogP contribution in [-0.4, -0.2) is 0 Å². The molecule has 1 aromatic carbocycles. The lowest BCUT2D eigenvalue weighted by molar-refractivity contribution is 0.559. The first-order valence-electron chi connectivity index (χ1n) is 6.21. The van der Waals surface area contributed by atoms with E-state index in [0.717, 1.165) is 27.5 Å². The highest BCUT2D eigenvalue weighted by atomic mass is 16.4. The minimum atomic E-state index is -0.392. The van der Waals surface area contributed by atoms with Gasteiger partial charge in [-0.1, -0.05) is 0 Å². The average molecular weight is 266 g/mol. The molecule has 0 N–H and O–H groups in total. The van der Waals surface area contributed by atoms with Crippen LogP contribution in [0.3, 0.4) is 0 Å². The van der Waals surface area contributed by atoms with Crippen molar-refractivity contribution in [2.24, 2.45) is 0 Å². The van der Waals surface area contributed by atoms with E-state index < -0.39 is 5.63 Å². The van der Waals surface area contributed by atoms with Crippen molar-refractivity contribution in [2.75, 3.05) is 0 Å². The maximum Gasteiger partial charge on any atom is 0.336 e. The van der Waals surface area contributed by atoms with E-state index in [4.69, 9.17) is 13.3 Å². The van der Waals surface area contributed by atoms with Gasteiger partial charge >= 0.3 is 5.63 Å². The smallest absolute Gasteiger partial charge is 0.336 e. The number of rotatable bonds is 1. The van der Waals surface area contributed by atoms with E-state index in [1.54, 1.807) is 24.9 Å². The molecule has 0 aliphatic rings. The highest BCUT2D eigenvalue weighted by Crippen LogP contribution is 2.32. The van der Waals surface area contributed by atoms with Crippen LogP contribution in [0.2, 0.25) is 0 Å². The molecule has 0 amide bonds. The fourth-order valence-corrected chi connectivity index (χ4v) is 2.47. The Labute approximate surface area is 113 Å². The summed E-state index contributed by atoms with van der Waals surface area (Å²) in [5.41, 5.74) is 3.52. The first-order valence-corrected chi connectivity index (χ1v) is 6.21. The van der Waals surface area contributed by atoms with Gasteiger partial charge in [0.15, 0.2) is 0 Å². The summed E-state index contributed by atoms with van der Waals surface area (Å²) in [5.74, 6) is 0. The molecular weight excluding hydrogens is 256 g/mol. The number of hydrogen-bond donors (Lipinski definition) is 0. The van der Waals surface area contributed by atoms with Crippen LogP contribution in [0.1, 0.15) is 5.56 Å². The van der Waals surface area contributed by atoms with Crippen molar-refractivity contribution in [3.8, 4) is 11.1 Å². The predicted octanol–water partition coefficient (Wildman–Crippen LogP) is 4.11. The summed E-state index contributed by atoms with van der Waals surface area (Å²) in [6.45, 7) is 1.98. The molecule has 0 unspecified atom stereocenters. The van der Waals surface area contributed by atoms with Crippen molar-refractivity contribution in [1.82, 2.24) is 0 Å². The third kappa shape index (κ3) is 1.51. The zero-order valence-electron chi connectivity index (χ0n) is 10.7. The van der Waals surface area contributed by atoms with Crippen LogP contribution in [0.25, 0.3) is 33.1 Å². The summed E-state index contributed by atoms with van der Waals surface area (Å²) in [7, 11) is 0. The van der Waals surface area contributed by atoms with Crippen LogP contribution < -0.4 is 5.63 Å². The molecule has 4 aromatic rings. The van der Waals surface area contributed by atoms with E-state index in [-0.39, 0.29) is 0 Å². The molecule has 4 rings (SSSR count). The second-order valence-corrected chi connectivity index (χ2v) is 4.75. The highest BCUT2D eigenvalue weighted by molar-refractivity contribution is 6.01. The zero-order chi connectivity index (χ0) is 13.7. The van der Waals surface area contributed by atoms with E-state index in [2.05, 4.69) is 0 Å². The second-order valence-electron chi connectivity index (χ2n) is 4.75. The number of furan rings is 2. The van der Waals surface area contributed by atoms with E-state index in [9.17, 15) is 4.79 Å².